The molecule has 1 saturated heterocycles. The first-order chi connectivity index (χ1) is 5.39. The predicted octanol–water partition coefficient (Wildman–Crippen LogP) is 1.15. The highest BCUT2D eigenvalue weighted by atomic mass is 15.0. The zero-order chi connectivity index (χ0) is 7.94. The minimum atomic E-state index is 1.18. The Bertz CT molecular complexity index is 185. The summed E-state index contributed by atoms with van der Waals surface area (Å²) in [6.45, 7) is 4.53. The van der Waals surface area contributed by atoms with E-state index in [9.17, 15) is 0 Å². The molecule has 2 nitrogen and oxygen atoms in total. The van der Waals surface area contributed by atoms with E-state index in [0.717, 1.165) is 0 Å². The summed E-state index contributed by atoms with van der Waals surface area (Å²) >= 11 is 0. The van der Waals surface area contributed by atoms with Crippen molar-refractivity contribution in [3.63, 3.8) is 0 Å². The Labute approximate surface area is 67.7 Å². The minimum absolute atomic E-state index is 1.18. The molecular formula is C9H14N2. The molecule has 0 aromatic rings. The second-order valence-electron chi connectivity index (χ2n) is 2.49. The Kier molecular flexibility index (Phi) is 3.48. The molecule has 2 N–H and O–H groups in total. The number of allylic oxidation sites excluding steroid dienone is 5. The average Bonchev–Trinajstić information content (AvgIpc) is 2.76. The molecule has 2 heteroatoms. The fourth-order valence-corrected chi connectivity index (χ4v) is 0.547. The van der Waals surface area contributed by atoms with Gasteiger partial charge in [-0.15, -0.1) is 0 Å². The van der Waals surface area contributed by atoms with Gasteiger partial charge >= 0.3 is 0 Å². The number of hydrogen-bond donors (Lipinski definition) is 2. The molecule has 0 radical (unpaired) electrons. The summed E-state index contributed by atoms with van der Waals surface area (Å²) in [6.07, 6.45) is 9.90. The highest BCUT2D eigenvalue weighted by molar-refractivity contribution is 5.19. The molecule has 0 spiro atoms. The van der Waals surface area contributed by atoms with E-state index in [0.29, 0.717) is 0 Å². The Hall–Kier alpha value is -1.02. The smallest absolute Gasteiger partial charge is 0.0115 e. The summed E-state index contributed by atoms with van der Waals surface area (Å²) in [6, 6.07) is 0. The van der Waals surface area contributed by atoms with Crippen LogP contribution in [0.3, 0.4) is 0 Å². The first kappa shape index (κ1) is 8.08. The number of rotatable bonds is 0. The van der Waals surface area contributed by atoms with Crippen LogP contribution < -0.4 is 10.6 Å². The van der Waals surface area contributed by atoms with Gasteiger partial charge in [0.2, 0.25) is 0 Å². The fourth-order valence-electron chi connectivity index (χ4n) is 0.547. The van der Waals surface area contributed by atoms with Gasteiger partial charge in [-0.1, -0.05) is 12.2 Å². The minimum Gasteiger partial charge on any atom is -0.365 e. The van der Waals surface area contributed by atoms with Crippen molar-refractivity contribution in [3.05, 3.63) is 36.2 Å². The van der Waals surface area contributed by atoms with E-state index in [4.69, 9.17) is 0 Å². The Morgan fingerprint density at radius 2 is 1.91 bits per heavy atom. The van der Waals surface area contributed by atoms with E-state index < -0.39 is 0 Å². The van der Waals surface area contributed by atoms with E-state index in [1.807, 2.05) is 37.4 Å². The van der Waals surface area contributed by atoms with Gasteiger partial charge in [-0.2, -0.15) is 0 Å². The van der Waals surface area contributed by atoms with Crippen molar-refractivity contribution in [3.8, 4) is 0 Å². The van der Waals surface area contributed by atoms with Gasteiger partial charge in [0.1, 0.15) is 0 Å². The van der Waals surface area contributed by atoms with E-state index in [2.05, 4.69) is 10.6 Å². The first-order valence-corrected chi connectivity index (χ1v) is 3.87. The zero-order valence-corrected chi connectivity index (χ0v) is 6.80. The number of hydrogen-bond acceptors (Lipinski definition) is 2. The molecule has 0 aliphatic carbocycles. The third-order valence-electron chi connectivity index (χ3n) is 1.23. The Morgan fingerprint density at radius 1 is 1.18 bits per heavy atom. The van der Waals surface area contributed by atoms with Crippen LogP contribution in [0, 0.1) is 0 Å². The molecule has 0 saturated carbocycles. The van der Waals surface area contributed by atoms with Crippen LogP contribution >= 0.6 is 0 Å². The largest absolute Gasteiger partial charge is 0.365 e. The quantitative estimate of drug-likeness (QED) is 0.508. The molecule has 2 rings (SSSR count). The molecule has 60 valence electrons. The van der Waals surface area contributed by atoms with Crippen LogP contribution in [0.4, 0.5) is 0 Å². The van der Waals surface area contributed by atoms with Crippen molar-refractivity contribution in [2.75, 3.05) is 13.1 Å². The van der Waals surface area contributed by atoms with Crippen molar-refractivity contribution in [1.29, 1.82) is 0 Å². The number of nitrogens with one attached hydrogen (secondary N) is 2. The lowest BCUT2D eigenvalue weighted by Gasteiger charge is -1.93. The van der Waals surface area contributed by atoms with Gasteiger partial charge in [0.15, 0.2) is 0 Å². The van der Waals surface area contributed by atoms with Gasteiger partial charge in [0, 0.05) is 25.0 Å². The van der Waals surface area contributed by atoms with E-state index in [1.54, 1.807) is 0 Å². The van der Waals surface area contributed by atoms with Gasteiger partial charge in [0.05, 0.1) is 0 Å². The fraction of sp³-hybridized carbons (Fsp3) is 0.333. The van der Waals surface area contributed by atoms with Crippen molar-refractivity contribution < 1.29 is 0 Å². The highest BCUT2D eigenvalue weighted by Gasteiger charge is 1.91. The lowest BCUT2D eigenvalue weighted by molar-refractivity contribution is 1.06. The summed E-state index contributed by atoms with van der Waals surface area (Å²) < 4.78 is 0. The monoisotopic (exact) mass is 150 g/mol. The van der Waals surface area contributed by atoms with Gasteiger partial charge in [-0.25, -0.2) is 0 Å². The third-order valence-corrected chi connectivity index (χ3v) is 1.23. The summed E-state index contributed by atoms with van der Waals surface area (Å²) in [5, 5.41) is 6.06. The first-order valence-electron chi connectivity index (χ1n) is 3.87. The van der Waals surface area contributed by atoms with Crippen LogP contribution in [0.25, 0.3) is 0 Å². The summed E-state index contributed by atoms with van der Waals surface area (Å²) in [7, 11) is 0. The maximum atomic E-state index is 3.06. The van der Waals surface area contributed by atoms with Crippen LogP contribution in [0.15, 0.2) is 36.2 Å². The molecule has 0 aromatic heterocycles. The highest BCUT2D eigenvalue weighted by Crippen LogP contribution is 1.91. The molecule has 1 fully saturated rings. The molecule has 11 heavy (non-hydrogen) atoms. The van der Waals surface area contributed by atoms with Gasteiger partial charge in [0.25, 0.3) is 0 Å². The zero-order valence-electron chi connectivity index (χ0n) is 6.80. The standard InChI is InChI=1S/C7H9N.C2H5N/c1-7-5-3-2-4-6-8-7;1-2-3-1/h2-6,8H,1H3;3H,1-2H2. The van der Waals surface area contributed by atoms with Crippen LogP contribution in [0.5, 0.6) is 0 Å². The van der Waals surface area contributed by atoms with Crippen molar-refractivity contribution in [1.82, 2.24) is 10.6 Å². The van der Waals surface area contributed by atoms with Gasteiger partial charge < -0.3 is 10.6 Å². The third kappa shape index (κ3) is 5.43. The van der Waals surface area contributed by atoms with Gasteiger partial charge in [-0.05, 0) is 19.1 Å². The SMILES string of the molecule is C1CN1.CC1=CC=CC=CN1. The summed E-state index contributed by atoms with van der Waals surface area (Å²) in [5.74, 6) is 0. The normalized spacial score (nSPS) is 18.8. The predicted molar refractivity (Wildman–Crippen MR) is 48.0 cm³/mol. The van der Waals surface area contributed by atoms with Crippen LogP contribution in [-0.2, 0) is 0 Å². The molecule has 0 amide bonds. The van der Waals surface area contributed by atoms with E-state index in [1.165, 1.54) is 18.8 Å². The molecule has 0 unspecified atom stereocenters. The second-order valence-corrected chi connectivity index (χ2v) is 2.49. The van der Waals surface area contributed by atoms with E-state index >= 15 is 0 Å². The topological polar surface area (TPSA) is 34.0 Å². The molecule has 2 heterocycles. The average molecular weight is 150 g/mol. The van der Waals surface area contributed by atoms with Crippen LogP contribution in [0.2, 0.25) is 0 Å². The van der Waals surface area contributed by atoms with Crippen LogP contribution in [-0.4, -0.2) is 13.1 Å². The van der Waals surface area contributed by atoms with Gasteiger partial charge in [-0.3, -0.25) is 0 Å². The molecule has 2 aliphatic rings. The van der Waals surface area contributed by atoms with Crippen molar-refractivity contribution in [2.45, 2.75) is 6.92 Å². The molecule has 0 aromatic carbocycles. The molecule has 0 bridgehead atoms. The Balaban J connectivity index is 0.000000167. The van der Waals surface area contributed by atoms with Crippen LogP contribution in [0.1, 0.15) is 6.92 Å². The van der Waals surface area contributed by atoms with Crippen molar-refractivity contribution in [2.24, 2.45) is 0 Å². The maximum Gasteiger partial charge on any atom is 0.0115 e. The maximum absolute atomic E-state index is 3.06. The lowest BCUT2D eigenvalue weighted by atomic mass is 10.4. The van der Waals surface area contributed by atoms with Crippen molar-refractivity contribution >= 4 is 0 Å². The molecule has 2 aliphatic heterocycles. The van der Waals surface area contributed by atoms with E-state index in [-0.39, 0.29) is 0 Å². The summed E-state index contributed by atoms with van der Waals surface area (Å²) in [5.41, 5.74) is 1.18. The lowest BCUT2D eigenvalue weighted by Crippen LogP contribution is -1.98. The summed E-state index contributed by atoms with van der Waals surface area (Å²) in [4.78, 5) is 0. The molecular weight excluding hydrogens is 136 g/mol. The Morgan fingerprint density at radius 3 is 2.55 bits per heavy atom. The second kappa shape index (κ2) is 4.74. The molecule has 0 atom stereocenters.